The van der Waals surface area contributed by atoms with Crippen molar-refractivity contribution in [2.75, 3.05) is 6.54 Å². The Morgan fingerprint density at radius 1 is 1.11 bits per heavy atom. The molecule has 0 unspecified atom stereocenters. The average molecular weight is 420 g/mol. The van der Waals surface area contributed by atoms with E-state index < -0.39 is 17.9 Å². The summed E-state index contributed by atoms with van der Waals surface area (Å²) >= 11 is 12.3. The Balaban J connectivity index is 2.20. The highest BCUT2D eigenvalue weighted by Gasteiger charge is 2.44. The molecule has 0 saturated heterocycles. The molecule has 2 aromatic rings. The monoisotopic (exact) mass is 419 g/mol. The SMILES string of the molecule is CCC(CC)CN1C(=O)c2ccccc2[C@@H](C(=O)O)[C@@H]1c1ccc(Cl)c(Cl)c1. The number of aliphatic carboxylic acids is 1. The van der Waals surface area contributed by atoms with Crippen molar-refractivity contribution in [2.45, 2.75) is 38.6 Å². The van der Waals surface area contributed by atoms with Crippen molar-refractivity contribution in [3.8, 4) is 0 Å². The second kappa shape index (κ2) is 8.54. The van der Waals surface area contributed by atoms with Gasteiger partial charge in [-0.1, -0.05) is 74.2 Å². The van der Waals surface area contributed by atoms with Crippen LogP contribution < -0.4 is 0 Å². The van der Waals surface area contributed by atoms with Gasteiger partial charge in [0.1, 0.15) is 5.92 Å². The van der Waals surface area contributed by atoms with Crippen molar-refractivity contribution >= 4 is 35.1 Å². The van der Waals surface area contributed by atoms with Gasteiger partial charge < -0.3 is 10.0 Å². The van der Waals surface area contributed by atoms with Crippen molar-refractivity contribution in [2.24, 2.45) is 5.92 Å². The lowest BCUT2D eigenvalue weighted by Gasteiger charge is -2.42. The first kappa shape index (κ1) is 20.7. The van der Waals surface area contributed by atoms with E-state index in [9.17, 15) is 14.7 Å². The van der Waals surface area contributed by atoms with Crippen molar-refractivity contribution in [1.82, 2.24) is 4.90 Å². The van der Waals surface area contributed by atoms with E-state index in [0.717, 1.165) is 12.8 Å². The Kier molecular flexibility index (Phi) is 6.31. The van der Waals surface area contributed by atoms with Crippen LogP contribution in [-0.4, -0.2) is 28.4 Å². The first-order valence-electron chi connectivity index (χ1n) is 9.46. The Morgan fingerprint density at radius 2 is 1.79 bits per heavy atom. The Bertz CT molecular complexity index is 895. The molecule has 2 aromatic carbocycles. The third-order valence-corrected chi connectivity index (χ3v) is 6.34. The summed E-state index contributed by atoms with van der Waals surface area (Å²) in [6, 6.07) is 11.4. The normalized spacial score (nSPS) is 19.0. The molecule has 148 valence electrons. The number of hydrogen-bond donors (Lipinski definition) is 1. The van der Waals surface area contributed by atoms with Gasteiger partial charge in [0.15, 0.2) is 0 Å². The van der Waals surface area contributed by atoms with Gasteiger partial charge in [0, 0.05) is 12.1 Å². The number of halogens is 2. The number of amides is 1. The molecule has 1 aliphatic rings. The quantitative estimate of drug-likeness (QED) is 0.643. The summed E-state index contributed by atoms with van der Waals surface area (Å²) in [5.41, 5.74) is 1.67. The molecule has 0 bridgehead atoms. The Hall–Kier alpha value is -2.04. The zero-order valence-corrected chi connectivity index (χ0v) is 17.4. The second-order valence-corrected chi connectivity index (χ2v) is 7.98. The highest BCUT2D eigenvalue weighted by Crippen LogP contribution is 2.44. The summed E-state index contributed by atoms with van der Waals surface area (Å²) in [7, 11) is 0. The molecule has 0 radical (unpaired) electrons. The van der Waals surface area contributed by atoms with E-state index in [0.29, 0.717) is 33.3 Å². The lowest BCUT2D eigenvalue weighted by atomic mass is 9.79. The van der Waals surface area contributed by atoms with Crippen molar-refractivity contribution < 1.29 is 14.7 Å². The highest BCUT2D eigenvalue weighted by atomic mass is 35.5. The molecule has 2 atom stereocenters. The van der Waals surface area contributed by atoms with Crippen molar-refractivity contribution in [3.63, 3.8) is 0 Å². The van der Waals surface area contributed by atoms with E-state index in [1.54, 1.807) is 47.4 Å². The summed E-state index contributed by atoms with van der Waals surface area (Å²) in [5, 5.41) is 10.8. The van der Waals surface area contributed by atoms with Gasteiger partial charge in [0.25, 0.3) is 5.91 Å². The van der Waals surface area contributed by atoms with Gasteiger partial charge in [-0.3, -0.25) is 9.59 Å². The van der Waals surface area contributed by atoms with Gasteiger partial charge in [0.05, 0.1) is 16.1 Å². The number of nitrogens with zero attached hydrogens (tertiary/aromatic N) is 1. The highest BCUT2D eigenvalue weighted by molar-refractivity contribution is 6.42. The molecule has 4 nitrogen and oxygen atoms in total. The standard InChI is InChI=1S/C22H23Cl2NO3/c1-3-13(4-2)12-25-20(14-9-10-17(23)18(24)11-14)19(22(27)28)15-7-5-6-8-16(15)21(25)26/h5-11,13,19-20H,3-4,12H2,1-2H3,(H,27,28)/t19-,20+/m1/s1. The van der Waals surface area contributed by atoms with Crippen molar-refractivity contribution in [3.05, 3.63) is 69.2 Å². The van der Waals surface area contributed by atoms with Crippen LogP contribution in [0.5, 0.6) is 0 Å². The number of benzene rings is 2. The first-order valence-corrected chi connectivity index (χ1v) is 10.2. The van der Waals surface area contributed by atoms with Gasteiger partial charge in [0.2, 0.25) is 0 Å². The summed E-state index contributed by atoms with van der Waals surface area (Å²) in [4.78, 5) is 27.4. The van der Waals surface area contributed by atoms with E-state index >= 15 is 0 Å². The fraction of sp³-hybridized carbons (Fsp3) is 0.364. The molecule has 0 aromatic heterocycles. The molecule has 0 saturated carbocycles. The van der Waals surface area contributed by atoms with Crippen LogP contribution in [0.4, 0.5) is 0 Å². The fourth-order valence-corrected chi connectivity index (χ4v) is 4.26. The number of carbonyl (C=O) groups is 2. The molecule has 0 aliphatic carbocycles. The summed E-state index contributed by atoms with van der Waals surface area (Å²) in [6.07, 6.45) is 1.82. The summed E-state index contributed by atoms with van der Waals surface area (Å²) in [5.74, 6) is -1.70. The van der Waals surface area contributed by atoms with Crippen LogP contribution in [-0.2, 0) is 4.79 Å². The lowest BCUT2D eigenvalue weighted by Crippen LogP contribution is -2.46. The molecule has 1 amide bonds. The maximum atomic E-state index is 13.4. The molecule has 1 aliphatic heterocycles. The Morgan fingerprint density at radius 3 is 2.39 bits per heavy atom. The maximum absolute atomic E-state index is 13.4. The Labute approximate surface area is 175 Å². The smallest absolute Gasteiger partial charge is 0.313 e. The van der Waals surface area contributed by atoms with E-state index in [1.165, 1.54) is 0 Å². The number of carbonyl (C=O) groups excluding carboxylic acids is 1. The van der Waals surface area contributed by atoms with Crippen LogP contribution in [0.1, 0.15) is 60.1 Å². The number of fused-ring (bicyclic) bond motifs is 1. The molecular weight excluding hydrogens is 397 g/mol. The molecule has 6 heteroatoms. The molecule has 0 fully saturated rings. The number of hydrogen-bond acceptors (Lipinski definition) is 2. The maximum Gasteiger partial charge on any atom is 0.313 e. The van der Waals surface area contributed by atoms with Gasteiger partial charge in [-0.15, -0.1) is 0 Å². The first-order chi connectivity index (χ1) is 13.4. The minimum absolute atomic E-state index is 0.143. The topological polar surface area (TPSA) is 57.6 Å². The van der Waals surface area contributed by atoms with E-state index in [-0.39, 0.29) is 11.8 Å². The molecule has 28 heavy (non-hydrogen) atoms. The minimum Gasteiger partial charge on any atom is -0.481 e. The van der Waals surface area contributed by atoms with Gasteiger partial charge in [-0.25, -0.2) is 0 Å². The van der Waals surface area contributed by atoms with Gasteiger partial charge in [-0.05, 0) is 35.2 Å². The lowest BCUT2D eigenvalue weighted by molar-refractivity contribution is -0.140. The molecule has 0 spiro atoms. The van der Waals surface area contributed by atoms with E-state index in [1.807, 2.05) is 0 Å². The molecule has 3 rings (SSSR count). The number of rotatable bonds is 6. The third kappa shape index (κ3) is 3.76. The number of carboxylic acids is 1. The summed E-state index contributed by atoms with van der Waals surface area (Å²) < 4.78 is 0. The second-order valence-electron chi connectivity index (χ2n) is 7.16. The van der Waals surface area contributed by atoms with Crippen LogP contribution in [0.15, 0.2) is 42.5 Å². The van der Waals surface area contributed by atoms with E-state index in [4.69, 9.17) is 23.2 Å². The predicted molar refractivity (Wildman–Crippen MR) is 111 cm³/mol. The van der Waals surface area contributed by atoms with Crippen LogP contribution in [0.2, 0.25) is 10.0 Å². The fourth-order valence-electron chi connectivity index (χ4n) is 3.95. The van der Waals surface area contributed by atoms with Crippen LogP contribution >= 0.6 is 23.2 Å². The zero-order valence-electron chi connectivity index (χ0n) is 15.9. The van der Waals surface area contributed by atoms with Crippen LogP contribution in [0.25, 0.3) is 0 Å². The molecular formula is C22H23Cl2NO3. The van der Waals surface area contributed by atoms with E-state index in [2.05, 4.69) is 13.8 Å². The zero-order chi connectivity index (χ0) is 20.4. The van der Waals surface area contributed by atoms with Crippen LogP contribution in [0, 0.1) is 5.92 Å². The van der Waals surface area contributed by atoms with Crippen LogP contribution in [0.3, 0.4) is 0 Å². The third-order valence-electron chi connectivity index (χ3n) is 5.60. The molecule has 1 N–H and O–H groups in total. The predicted octanol–water partition coefficient (Wildman–Crippen LogP) is 5.79. The largest absolute Gasteiger partial charge is 0.481 e. The van der Waals surface area contributed by atoms with Gasteiger partial charge in [-0.2, -0.15) is 0 Å². The number of carboxylic acid groups (broad SMARTS) is 1. The molecule has 1 heterocycles. The average Bonchev–Trinajstić information content (AvgIpc) is 2.69. The van der Waals surface area contributed by atoms with Crippen molar-refractivity contribution in [1.29, 1.82) is 0 Å². The summed E-state index contributed by atoms with van der Waals surface area (Å²) in [6.45, 7) is 4.66. The minimum atomic E-state index is -0.967. The van der Waals surface area contributed by atoms with Gasteiger partial charge >= 0.3 is 5.97 Å².